The monoisotopic (exact) mass is 262 g/mol. The Balaban J connectivity index is 3.09. The molecule has 0 saturated heterocycles. The van der Waals surface area contributed by atoms with Crippen molar-refractivity contribution in [1.29, 1.82) is 5.26 Å². The average Bonchev–Trinajstić information content (AvgIpc) is 2.46. The molecule has 0 spiro atoms. The molecule has 1 rings (SSSR count). The van der Waals surface area contributed by atoms with Crippen LogP contribution < -0.4 is 14.4 Å². The Bertz CT molecular complexity index is 494. The van der Waals surface area contributed by atoms with E-state index in [-0.39, 0.29) is 5.91 Å². The summed E-state index contributed by atoms with van der Waals surface area (Å²) in [5, 5.41) is 8.95. The van der Waals surface area contributed by atoms with E-state index in [1.165, 1.54) is 12.0 Å². The lowest BCUT2D eigenvalue weighted by atomic mass is 10.1. The predicted molar refractivity (Wildman–Crippen MR) is 72.4 cm³/mol. The zero-order chi connectivity index (χ0) is 14.4. The summed E-state index contributed by atoms with van der Waals surface area (Å²) in [7, 11) is 4.72. The van der Waals surface area contributed by atoms with E-state index in [4.69, 9.17) is 14.7 Å². The van der Waals surface area contributed by atoms with Gasteiger partial charge in [-0.05, 0) is 18.6 Å². The highest BCUT2D eigenvalue weighted by Gasteiger charge is 2.23. The van der Waals surface area contributed by atoms with E-state index < -0.39 is 5.92 Å². The molecule has 0 heterocycles. The predicted octanol–water partition coefficient (Wildman–Crippen LogP) is 2.22. The molecule has 1 amide bonds. The van der Waals surface area contributed by atoms with Gasteiger partial charge in [0.2, 0.25) is 5.91 Å². The van der Waals surface area contributed by atoms with Gasteiger partial charge >= 0.3 is 0 Å². The molecule has 0 aliphatic carbocycles. The molecule has 0 N–H and O–H groups in total. The van der Waals surface area contributed by atoms with Crippen molar-refractivity contribution in [3.05, 3.63) is 18.2 Å². The average molecular weight is 262 g/mol. The third kappa shape index (κ3) is 3.16. The van der Waals surface area contributed by atoms with Gasteiger partial charge in [-0.1, -0.05) is 6.92 Å². The molecular formula is C14H18N2O3. The van der Waals surface area contributed by atoms with Crippen LogP contribution >= 0.6 is 0 Å². The lowest BCUT2D eigenvalue weighted by molar-refractivity contribution is -0.120. The van der Waals surface area contributed by atoms with Crippen LogP contribution in [0.4, 0.5) is 5.69 Å². The van der Waals surface area contributed by atoms with Crippen molar-refractivity contribution >= 4 is 11.6 Å². The number of nitriles is 1. The Morgan fingerprint density at radius 1 is 1.42 bits per heavy atom. The zero-order valence-electron chi connectivity index (χ0n) is 11.6. The van der Waals surface area contributed by atoms with Crippen LogP contribution in [0.3, 0.4) is 0 Å². The Hall–Kier alpha value is -2.22. The van der Waals surface area contributed by atoms with Crippen molar-refractivity contribution in [2.75, 3.05) is 26.2 Å². The van der Waals surface area contributed by atoms with Crippen LogP contribution in [-0.2, 0) is 4.79 Å². The van der Waals surface area contributed by atoms with Gasteiger partial charge in [0.15, 0.2) is 0 Å². The van der Waals surface area contributed by atoms with Crippen LogP contribution in [0.1, 0.15) is 13.3 Å². The molecule has 0 radical (unpaired) electrons. The van der Waals surface area contributed by atoms with Crippen LogP contribution in [0.2, 0.25) is 0 Å². The SMILES string of the molecule is CCC(C#N)C(=O)N(C)c1ccc(OC)cc1OC. The van der Waals surface area contributed by atoms with Gasteiger partial charge < -0.3 is 14.4 Å². The second-order valence-corrected chi connectivity index (χ2v) is 4.02. The molecule has 0 aromatic heterocycles. The topological polar surface area (TPSA) is 62.6 Å². The minimum Gasteiger partial charge on any atom is -0.497 e. The van der Waals surface area contributed by atoms with E-state index in [9.17, 15) is 4.79 Å². The second kappa shape index (κ2) is 6.64. The van der Waals surface area contributed by atoms with Gasteiger partial charge in [-0.15, -0.1) is 0 Å². The molecular weight excluding hydrogens is 244 g/mol. The summed E-state index contributed by atoms with van der Waals surface area (Å²) in [4.78, 5) is 13.6. The Labute approximate surface area is 113 Å². The number of carbonyl (C=O) groups is 1. The number of hydrogen-bond acceptors (Lipinski definition) is 4. The summed E-state index contributed by atoms with van der Waals surface area (Å²) in [6, 6.07) is 7.19. The van der Waals surface area contributed by atoms with E-state index in [0.717, 1.165) is 0 Å². The first kappa shape index (κ1) is 14.8. The number of amides is 1. The van der Waals surface area contributed by atoms with E-state index >= 15 is 0 Å². The number of carbonyl (C=O) groups excluding carboxylic acids is 1. The van der Waals surface area contributed by atoms with Gasteiger partial charge in [-0.25, -0.2) is 0 Å². The summed E-state index contributed by atoms with van der Waals surface area (Å²) >= 11 is 0. The highest BCUT2D eigenvalue weighted by atomic mass is 16.5. The lowest BCUT2D eigenvalue weighted by Crippen LogP contribution is -2.32. The van der Waals surface area contributed by atoms with E-state index in [1.54, 1.807) is 32.4 Å². The van der Waals surface area contributed by atoms with Crippen molar-refractivity contribution < 1.29 is 14.3 Å². The molecule has 0 bridgehead atoms. The van der Waals surface area contributed by atoms with E-state index in [2.05, 4.69) is 0 Å². The van der Waals surface area contributed by atoms with E-state index in [0.29, 0.717) is 23.6 Å². The Morgan fingerprint density at radius 2 is 2.11 bits per heavy atom. The van der Waals surface area contributed by atoms with Crippen molar-refractivity contribution in [2.45, 2.75) is 13.3 Å². The number of anilines is 1. The zero-order valence-corrected chi connectivity index (χ0v) is 11.6. The maximum absolute atomic E-state index is 12.1. The fraction of sp³-hybridized carbons (Fsp3) is 0.429. The normalized spacial score (nSPS) is 11.3. The first-order valence-electron chi connectivity index (χ1n) is 5.98. The molecule has 5 nitrogen and oxygen atoms in total. The van der Waals surface area contributed by atoms with Gasteiger partial charge in [0, 0.05) is 13.1 Å². The van der Waals surface area contributed by atoms with Crippen molar-refractivity contribution in [3.63, 3.8) is 0 Å². The fourth-order valence-corrected chi connectivity index (χ4v) is 1.74. The van der Waals surface area contributed by atoms with Crippen molar-refractivity contribution in [3.8, 4) is 17.6 Å². The molecule has 1 atom stereocenters. The van der Waals surface area contributed by atoms with Crippen LogP contribution in [0, 0.1) is 17.2 Å². The third-order valence-corrected chi connectivity index (χ3v) is 2.94. The number of hydrogen-bond donors (Lipinski definition) is 0. The van der Waals surface area contributed by atoms with Gasteiger partial charge in [-0.2, -0.15) is 5.26 Å². The number of nitrogens with zero attached hydrogens (tertiary/aromatic N) is 2. The summed E-state index contributed by atoms with van der Waals surface area (Å²) in [6.07, 6.45) is 0.484. The molecule has 0 aliphatic heterocycles. The molecule has 19 heavy (non-hydrogen) atoms. The molecule has 0 fully saturated rings. The first-order valence-corrected chi connectivity index (χ1v) is 5.98. The number of ether oxygens (including phenoxy) is 2. The Kier molecular flexibility index (Phi) is 5.19. The van der Waals surface area contributed by atoms with Crippen LogP contribution in [0.15, 0.2) is 18.2 Å². The lowest BCUT2D eigenvalue weighted by Gasteiger charge is -2.22. The second-order valence-electron chi connectivity index (χ2n) is 4.02. The molecule has 0 aliphatic rings. The summed E-state index contributed by atoms with van der Waals surface area (Å²) in [6.45, 7) is 1.81. The first-order chi connectivity index (χ1) is 9.08. The molecule has 0 saturated carbocycles. The van der Waals surface area contributed by atoms with Gasteiger partial charge in [0.05, 0.1) is 26.0 Å². The molecule has 102 valence electrons. The maximum atomic E-state index is 12.1. The minimum atomic E-state index is -0.642. The molecule has 1 unspecified atom stereocenters. The summed E-state index contributed by atoms with van der Waals surface area (Å²) < 4.78 is 10.4. The standard InChI is InChI=1S/C14H18N2O3/c1-5-10(9-15)14(17)16(2)12-7-6-11(18-3)8-13(12)19-4/h6-8,10H,5H2,1-4H3. The quantitative estimate of drug-likeness (QED) is 0.816. The van der Waals surface area contributed by atoms with E-state index in [1.807, 2.05) is 13.0 Å². The summed E-state index contributed by atoms with van der Waals surface area (Å²) in [5.74, 6) is 0.294. The molecule has 5 heteroatoms. The highest BCUT2D eigenvalue weighted by molar-refractivity contribution is 5.97. The minimum absolute atomic E-state index is 0.242. The highest BCUT2D eigenvalue weighted by Crippen LogP contribution is 2.32. The van der Waals surface area contributed by atoms with Crippen LogP contribution in [0.25, 0.3) is 0 Å². The van der Waals surface area contributed by atoms with Crippen molar-refractivity contribution in [1.82, 2.24) is 0 Å². The fourth-order valence-electron chi connectivity index (χ4n) is 1.74. The summed E-state index contributed by atoms with van der Waals surface area (Å²) in [5.41, 5.74) is 0.613. The largest absolute Gasteiger partial charge is 0.497 e. The number of methoxy groups -OCH3 is 2. The maximum Gasteiger partial charge on any atom is 0.244 e. The third-order valence-electron chi connectivity index (χ3n) is 2.94. The molecule has 1 aromatic carbocycles. The van der Waals surface area contributed by atoms with Gasteiger partial charge in [0.25, 0.3) is 0 Å². The molecule has 1 aromatic rings. The number of rotatable bonds is 5. The Morgan fingerprint density at radius 3 is 2.58 bits per heavy atom. The van der Waals surface area contributed by atoms with Crippen LogP contribution in [-0.4, -0.2) is 27.2 Å². The van der Waals surface area contributed by atoms with Crippen LogP contribution in [0.5, 0.6) is 11.5 Å². The number of benzene rings is 1. The smallest absolute Gasteiger partial charge is 0.244 e. The van der Waals surface area contributed by atoms with Gasteiger partial charge in [0.1, 0.15) is 17.4 Å². The van der Waals surface area contributed by atoms with Crippen molar-refractivity contribution in [2.24, 2.45) is 5.92 Å². The van der Waals surface area contributed by atoms with Gasteiger partial charge in [-0.3, -0.25) is 4.79 Å².